The van der Waals surface area contributed by atoms with E-state index in [-0.39, 0.29) is 12.1 Å². The molecule has 0 unspecified atom stereocenters. The molecule has 140 valence electrons. The normalized spacial score (nSPS) is 13.8. The van der Waals surface area contributed by atoms with Crippen LogP contribution < -0.4 is 16.2 Å². The van der Waals surface area contributed by atoms with Gasteiger partial charge in [0, 0.05) is 6.20 Å². The number of amides is 1. The van der Waals surface area contributed by atoms with Crippen molar-refractivity contribution in [2.45, 2.75) is 12.6 Å². The van der Waals surface area contributed by atoms with E-state index < -0.39 is 23.5 Å². The van der Waals surface area contributed by atoms with Crippen LogP contribution in [-0.4, -0.2) is 10.9 Å². The summed E-state index contributed by atoms with van der Waals surface area (Å²) in [5.74, 6) is -0.729. The Morgan fingerprint density at radius 3 is 2.41 bits per heavy atom. The molecule has 0 saturated carbocycles. The molecule has 1 amide bonds. The highest BCUT2D eigenvalue weighted by molar-refractivity contribution is 5.80. The largest absolute Gasteiger partial charge is 0.416 e. The highest BCUT2D eigenvalue weighted by Crippen LogP contribution is 2.29. The second-order valence-electron chi connectivity index (χ2n) is 5.64. The average molecular weight is 378 g/mol. The molecule has 1 aromatic carbocycles. The van der Waals surface area contributed by atoms with E-state index >= 15 is 0 Å². The molecular weight excluding hydrogens is 364 g/mol. The first-order valence-electron chi connectivity index (χ1n) is 7.84. The van der Waals surface area contributed by atoms with Crippen LogP contribution in [0.4, 0.5) is 17.6 Å². The van der Waals surface area contributed by atoms with Gasteiger partial charge < -0.3 is 5.32 Å². The molecule has 0 spiro atoms. The Hall–Kier alpha value is -3.36. The molecule has 1 aromatic heterocycles. The van der Waals surface area contributed by atoms with Crippen molar-refractivity contribution in [2.75, 3.05) is 0 Å². The summed E-state index contributed by atoms with van der Waals surface area (Å²) >= 11 is 0. The summed E-state index contributed by atoms with van der Waals surface area (Å²) in [6.45, 7) is 0. The third-order valence-electron chi connectivity index (χ3n) is 3.71. The monoisotopic (exact) mass is 378 g/mol. The molecule has 0 fully saturated rings. The summed E-state index contributed by atoms with van der Waals surface area (Å²) < 4.78 is 51.3. The Morgan fingerprint density at radius 2 is 1.81 bits per heavy atom. The van der Waals surface area contributed by atoms with E-state index in [0.717, 1.165) is 12.1 Å². The number of nitrogens with zero attached hydrogens (tertiary/aromatic N) is 1. The molecule has 2 aromatic rings. The predicted octanol–water partition coefficient (Wildman–Crippen LogP) is 2.89. The third kappa shape index (κ3) is 4.63. The van der Waals surface area contributed by atoms with Crippen LogP contribution in [0.2, 0.25) is 0 Å². The molecule has 0 bridgehead atoms. The summed E-state index contributed by atoms with van der Waals surface area (Å²) in [7, 11) is 0. The van der Waals surface area contributed by atoms with Crippen molar-refractivity contribution in [2.24, 2.45) is 0 Å². The van der Waals surface area contributed by atoms with E-state index in [1.165, 1.54) is 36.5 Å². The first-order valence-corrected chi connectivity index (χ1v) is 7.84. The highest BCUT2D eigenvalue weighted by atomic mass is 19.4. The Kier molecular flexibility index (Phi) is 5.11. The average Bonchev–Trinajstić information content (AvgIpc) is 2.64. The molecule has 2 heterocycles. The first kappa shape index (κ1) is 18.4. The van der Waals surface area contributed by atoms with Crippen LogP contribution in [0, 0.1) is 5.82 Å². The number of aromatic nitrogens is 1. The lowest BCUT2D eigenvalue weighted by Gasteiger charge is -2.20. The number of halogens is 4. The van der Waals surface area contributed by atoms with E-state index in [9.17, 15) is 22.4 Å². The van der Waals surface area contributed by atoms with E-state index in [4.69, 9.17) is 0 Å². The summed E-state index contributed by atoms with van der Waals surface area (Å²) in [5, 5.41) is 2.54. The van der Waals surface area contributed by atoms with Crippen molar-refractivity contribution in [1.29, 1.82) is 0 Å². The number of rotatable bonds is 4. The van der Waals surface area contributed by atoms with E-state index in [2.05, 4.69) is 21.2 Å². The van der Waals surface area contributed by atoms with Gasteiger partial charge in [0.15, 0.2) is 0 Å². The minimum Gasteiger partial charge on any atom is -0.311 e. The van der Waals surface area contributed by atoms with Crippen LogP contribution in [-0.2, 0) is 17.4 Å². The van der Waals surface area contributed by atoms with Gasteiger partial charge in [0.05, 0.1) is 23.4 Å². The third-order valence-corrected chi connectivity index (χ3v) is 3.71. The van der Waals surface area contributed by atoms with Gasteiger partial charge in [0.1, 0.15) is 11.6 Å². The van der Waals surface area contributed by atoms with Gasteiger partial charge in [-0.2, -0.15) is 13.2 Å². The van der Waals surface area contributed by atoms with Crippen molar-refractivity contribution in [3.05, 3.63) is 83.2 Å². The highest BCUT2D eigenvalue weighted by Gasteiger charge is 2.30. The molecular formula is C18H14F4N4O. The summed E-state index contributed by atoms with van der Waals surface area (Å²) in [4.78, 5) is 15.8. The van der Waals surface area contributed by atoms with Crippen molar-refractivity contribution >= 4 is 11.6 Å². The Balaban J connectivity index is 1.64. The molecule has 27 heavy (non-hydrogen) atoms. The van der Waals surface area contributed by atoms with Gasteiger partial charge in [0.2, 0.25) is 5.91 Å². The number of nitrogens with one attached hydrogen (secondary N) is 3. The number of benzene rings is 1. The van der Waals surface area contributed by atoms with E-state index in [1.54, 1.807) is 6.08 Å². The summed E-state index contributed by atoms with van der Waals surface area (Å²) in [6.07, 6.45) is -0.104. The van der Waals surface area contributed by atoms with Gasteiger partial charge >= 0.3 is 6.18 Å². The zero-order chi connectivity index (χ0) is 19.4. The molecule has 0 aliphatic carbocycles. The quantitative estimate of drug-likeness (QED) is 0.716. The maximum atomic E-state index is 13.5. The fourth-order valence-corrected chi connectivity index (χ4v) is 2.36. The molecule has 0 atom stereocenters. The number of allylic oxidation sites excluding steroid dienone is 2. The lowest BCUT2D eigenvalue weighted by Crippen LogP contribution is -2.40. The molecule has 5 nitrogen and oxygen atoms in total. The Labute approximate surface area is 151 Å². The number of hydrogen-bond donors (Lipinski definition) is 3. The molecule has 0 radical (unpaired) electrons. The number of alkyl halides is 3. The fourth-order valence-electron chi connectivity index (χ4n) is 2.36. The standard InChI is InChI=1S/C18H14F4N4O/c19-13-2-1-9-23-15(13)10-17(27)24-16-8-7-14(25-26-16)11-3-5-12(6-4-11)18(20,21)22/h1-9,25-26H,10H2,(H,24,27). The zero-order valence-corrected chi connectivity index (χ0v) is 13.8. The number of carbonyl (C=O) groups is 1. The number of hydrazine groups is 1. The molecule has 3 rings (SSSR count). The second-order valence-corrected chi connectivity index (χ2v) is 5.64. The van der Waals surface area contributed by atoms with Crippen LogP contribution in [0.5, 0.6) is 0 Å². The summed E-state index contributed by atoms with van der Waals surface area (Å²) in [6, 6.07) is 7.30. The van der Waals surface area contributed by atoms with E-state index in [1.807, 2.05) is 0 Å². The van der Waals surface area contributed by atoms with Crippen LogP contribution in [0.3, 0.4) is 0 Å². The first-order chi connectivity index (χ1) is 12.8. The predicted molar refractivity (Wildman–Crippen MR) is 89.8 cm³/mol. The van der Waals surface area contributed by atoms with Crippen molar-refractivity contribution in [3.63, 3.8) is 0 Å². The van der Waals surface area contributed by atoms with Gasteiger partial charge in [0.25, 0.3) is 0 Å². The van der Waals surface area contributed by atoms with Crippen LogP contribution in [0.25, 0.3) is 5.70 Å². The number of carbonyl (C=O) groups excluding carboxylic acids is 1. The minimum absolute atomic E-state index is 0.0281. The maximum absolute atomic E-state index is 13.5. The summed E-state index contributed by atoms with van der Waals surface area (Å²) in [5.41, 5.74) is 5.85. The molecule has 9 heteroatoms. The van der Waals surface area contributed by atoms with Crippen LogP contribution in [0.1, 0.15) is 16.8 Å². The molecule has 1 aliphatic heterocycles. The number of pyridine rings is 1. The minimum atomic E-state index is -4.39. The fraction of sp³-hybridized carbons (Fsp3) is 0.111. The van der Waals surface area contributed by atoms with Gasteiger partial charge in [-0.15, -0.1) is 0 Å². The van der Waals surface area contributed by atoms with Crippen molar-refractivity contribution < 1.29 is 22.4 Å². The maximum Gasteiger partial charge on any atom is 0.416 e. The van der Waals surface area contributed by atoms with Crippen molar-refractivity contribution in [1.82, 2.24) is 21.2 Å². The van der Waals surface area contributed by atoms with Gasteiger partial charge in [-0.05, 0) is 42.0 Å². The van der Waals surface area contributed by atoms with Crippen molar-refractivity contribution in [3.8, 4) is 0 Å². The Bertz CT molecular complexity index is 904. The lowest BCUT2D eigenvalue weighted by molar-refractivity contribution is -0.137. The molecule has 3 N–H and O–H groups in total. The second kappa shape index (κ2) is 7.48. The molecule has 1 aliphatic rings. The van der Waals surface area contributed by atoms with Crippen LogP contribution >= 0.6 is 0 Å². The van der Waals surface area contributed by atoms with E-state index in [0.29, 0.717) is 17.1 Å². The van der Waals surface area contributed by atoms with Gasteiger partial charge in [-0.25, -0.2) is 4.39 Å². The zero-order valence-electron chi connectivity index (χ0n) is 13.8. The molecule has 0 saturated heterocycles. The van der Waals surface area contributed by atoms with Crippen LogP contribution in [0.15, 0.2) is 60.6 Å². The SMILES string of the molecule is O=C(Cc1ncccc1F)NC1=CC=C(c2ccc(C(F)(F)F)cc2)NN1. The smallest absolute Gasteiger partial charge is 0.311 e. The topological polar surface area (TPSA) is 66.0 Å². The Morgan fingerprint density at radius 1 is 1.07 bits per heavy atom. The van der Waals surface area contributed by atoms with Gasteiger partial charge in [-0.3, -0.25) is 20.6 Å². The van der Waals surface area contributed by atoms with Gasteiger partial charge in [-0.1, -0.05) is 12.1 Å². The lowest BCUT2D eigenvalue weighted by atomic mass is 10.1. The number of hydrogen-bond acceptors (Lipinski definition) is 4.